The topological polar surface area (TPSA) is 105 Å². The Labute approximate surface area is 196 Å². The van der Waals surface area contributed by atoms with E-state index >= 15 is 0 Å². The van der Waals surface area contributed by atoms with Gasteiger partial charge in [-0.3, -0.25) is 4.79 Å². The van der Waals surface area contributed by atoms with E-state index in [0.717, 1.165) is 49.3 Å². The number of nitrogens with zero attached hydrogens (tertiary/aromatic N) is 3. The second-order valence-corrected chi connectivity index (χ2v) is 8.84. The smallest absolute Gasteiger partial charge is 0.433 e. The number of aliphatic hydroxyl groups excluding tert-OH is 1. The fourth-order valence-electron chi connectivity index (χ4n) is 3.69. The van der Waals surface area contributed by atoms with Gasteiger partial charge in [0.25, 0.3) is 5.91 Å². The Hall–Kier alpha value is -3.25. The summed E-state index contributed by atoms with van der Waals surface area (Å²) in [5.41, 5.74) is -1.01. The number of halogens is 3. The number of benzene rings is 1. The number of esters is 1. The number of hydrogen-bond donors (Lipinski definition) is 2. The van der Waals surface area contributed by atoms with Crippen LogP contribution in [0.3, 0.4) is 0 Å². The van der Waals surface area contributed by atoms with Gasteiger partial charge in [0, 0.05) is 19.7 Å². The lowest BCUT2D eigenvalue weighted by molar-refractivity contribution is -0.141. The molecule has 1 amide bonds. The number of thiazole rings is 1. The summed E-state index contributed by atoms with van der Waals surface area (Å²) in [6.45, 7) is 1.62. The van der Waals surface area contributed by atoms with Gasteiger partial charge in [-0.15, -0.1) is 0 Å². The van der Waals surface area contributed by atoms with Gasteiger partial charge in [0.15, 0.2) is 5.13 Å². The highest BCUT2D eigenvalue weighted by Gasteiger charge is 2.33. The molecule has 3 aromatic rings. The van der Waals surface area contributed by atoms with Crippen molar-refractivity contribution in [3.05, 3.63) is 47.3 Å². The van der Waals surface area contributed by atoms with Crippen molar-refractivity contribution in [3.63, 3.8) is 0 Å². The number of methoxy groups -OCH3 is 1. The van der Waals surface area contributed by atoms with Crippen LogP contribution in [0, 0.1) is 5.92 Å². The molecule has 0 saturated carbocycles. The minimum Gasteiger partial charge on any atom is -0.465 e. The van der Waals surface area contributed by atoms with Crippen LogP contribution >= 0.6 is 11.3 Å². The van der Waals surface area contributed by atoms with Crippen LogP contribution in [0.1, 0.15) is 39.4 Å². The zero-order valence-corrected chi connectivity index (χ0v) is 18.9. The maximum absolute atomic E-state index is 13.0. The van der Waals surface area contributed by atoms with Crippen molar-refractivity contribution in [2.75, 3.05) is 37.0 Å². The number of aliphatic hydroxyl groups is 1. The summed E-state index contributed by atoms with van der Waals surface area (Å²) in [6.07, 6.45) is -3.02. The average molecular weight is 494 g/mol. The van der Waals surface area contributed by atoms with Crippen LogP contribution in [-0.4, -0.2) is 53.8 Å². The number of anilines is 2. The van der Waals surface area contributed by atoms with Gasteiger partial charge in [0.05, 0.1) is 28.6 Å². The van der Waals surface area contributed by atoms with E-state index in [1.165, 1.54) is 24.5 Å². The number of rotatable bonds is 5. The standard InChI is InChI=1S/C22H21F3N4O4S/c1-33-20(32)13-9-16-17(34-21(28-16)29-7-5-12(11-30)6-8-29)10-15(13)27-19(31)14-3-2-4-18(26-14)22(23,24)25/h2-4,9-10,12,30H,5-8,11H2,1H3,(H,27,31). The van der Waals surface area contributed by atoms with E-state index in [9.17, 15) is 27.9 Å². The van der Waals surface area contributed by atoms with Gasteiger partial charge in [-0.1, -0.05) is 17.4 Å². The molecule has 1 aliphatic rings. The Morgan fingerprint density at radius 2 is 1.97 bits per heavy atom. The summed E-state index contributed by atoms with van der Waals surface area (Å²) >= 11 is 1.37. The van der Waals surface area contributed by atoms with Crippen LogP contribution in [-0.2, 0) is 10.9 Å². The third kappa shape index (κ3) is 4.97. The van der Waals surface area contributed by atoms with Gasteiger partial charge in [0.2, 0.25) is 0 Å². The van der Waals surface area contributed by atoms with Gasteiger partial charge in [0.1, 0.15) is 11.4 Å². The third-order valence-corrected chi connectivity index (χ3v) is 6.66. The Morgan fingerprint density at radius 1 is 1.24 bits per heavy atom. The van der Waals surface area contributed by atoms with Gasteiger partial charge < -0.3 is 20.1 Å². The number of aromatic nitrogens is 2. The molecule has 0 unspecified atom stereocenters. The van der Waals surface area contributed by atoms with E-state index in [-0.39, 0.29) is 23.8 Å². The van der Waals surface area contributed by atoms with Gasteiger partial charge in [-0.05, 0) is 43.0 Å². The summed E-state index contributed by atoms with van der Waals surface area (Å²) in [6, 6.07) is 6.04. The minimum atomic E-state index is -4.70. The fraction of sp³-hybridized carbons (Fsp3) is 0.364. The number of alkyl halides is 3. The maximum atomic E-state index is 13.0. The van der Waals surface area contributed by atoms with E-state index in [1.807, 2.05) is 0 Å². The molecule has 2 aromatic heterocycles. The molecule has 0 aliphatic carbocycles. The van der Waals surface area contributed by atoms with Crippen molar-refractivity contribution in [2.45, 2.75) is 19.0 Å². The maximum Gasteiger partial charge on any atom is 0.433 e. The second-order valence-electron chi connectivity index (χ2n) is 7.83. The zero-order chi connectivity index (χ0) is 24.5. The number of hydrogen-bond acceptors (Lipinski definition) is 8. The summed E-state index contributed by atoms with van der Waals surface area (Å²) < 4.78 is 44.4. The number of nitrogens with one attached hydrogen (secondary N) is 1. The fourth-order valence-corrected chi connectivity index (χ4v) is 4.73. The van der Waals surface area contributed by atoms with E-state index < -0.39 is 29.4 Å². The quantitative estimate of drug-likeness (QED) is 0.518. The molecule has 1 aliphatic heterocycles. The molecule has 2 N–H and O–H groups in total. The van der Waals surface area contributed by atoms with Crippen LogP contribution in [0.2, 0.25) is 0 Å². The van der Waals surface area contributed by atoms with Crippen molar-refractivity contribution in [1.29, 1.82) is 0 Å². The van der Waals surface area contributed by atoms with Crippen molar-refractivity contribution in [3.8, 4) is 0 Å². The first-order valence-electron chi connectivity index (χ1n) is 10.4. The highest BCUT2D eigenvalue weighted by molar-refractivity contribution is 7.22. The normalized spacial score (nSPS) is 14.9. The molecule has 1 fully saturated rings. The van der Waals surface area contributed by atoms with Crippen molar-refractivity contribution in [1.82, 2.24) is 9.97 Å². The van der Waals surface area contributed by atoms with Crippen LogP contribution < -0.4 is 10.2 Å². The van der Waals surface area contributed by atoms with Gasteiger partial charge in [-0.25, -0.2) is 14.8 Å². The molecule has 4 rings (SSSR count). The van der Waals surface area contributed by atoms with E-state index in [1.54, 1.807) is 6.07 Å². The highest BCUT2D eigenvalue weighted by atomic mass is 32.1. The number of pyridine rings is 1. The SMILES string of the molecule is COC(=O)c1cc2nc(N3CCC(CO)CC3)sc2cc1NC(=O)c1cccc(C(F)(F)F)n1. The summed E-state index contributed by atoms with van der Waals surface area (Å²) in [4.78, 5) is 35.1. The lowest BCUT2D eigenvalue weighted by atomic mass is 9.98. The largest absolute Gasteiger partial charge is 0.465 e. The van der Waals surface area contributed by atoms with Crippen molar-refractivity contribution < 1.29 is 32.6 Å². The Bertz CT molecular complexity index is 1220. The van der Waals surface area contributed by atoms with E-state index in [4.69, 9.17) is 4.74 Å². The van der Waals surface area contributed by atoms with Gasteiger partial charge in [-0.2, -0.15) is 13.2 Å². The lowest BCUT2D eigenvalue weighted by Gasteiger charge is -2.30. The predicted octanol–water partition coefficient (Wildman–Crippen LogP) is 3.96. The minimum absolute atomic E-state index is 0.0196. The first-order valence-corrected chi connectivity index (χ1v) is 11.3. The number of amides is 1. The Kier molecular flexibility index (Phi) is 6.71. The predicted molar refractivity (Wildman–Crippen MR) is 120 cm³/mol. The molecule has 1 aromatic carbocycles. The molecule has 34 heavy (non-hydrogen) atoms. The summed E-state index contributed by atoms with van der Waals surface area (Å²) in [5.74, 6) is -1.36. The van der Waals surface area contributed by atoms with Crippen LogP contribution in [0.5, 0.6) is 0 Å². The third-order valence-electron chi connectivity index (χ3n) is 5.59. The Morgan fingerprint density at radius 3 is 2.62 bits per heavy atom. The molecular weight excluding hydrogens is 473 g/mol. The summed E-state index contributed by atoms with van der Waals surface area (Å²) in [5, 5.41) is 12.6. The number of carbonyl (C=O) groups is 2. The van der Waals surface area contributed by atoms with Crippen molar-refractivity contribution in [2.24, 2.45) is 5.92 Å². The number of ether oxygens (including phenoxy) is 1. The monoisotopic (exact) mass is 494 g/mol. The molecule has 12 heteroatoms. The molecular formula is C22H21F3N4O4S. The second kappa shape index (κ2) is 9.55. The first-order chi connectivity index (χ1) is 16.2. The molecule has 0 radical (unpaired) electrons. The first kappa shape index (κ1) is 23.9. The Balaban J connectivity index is 1.65. The molecule has 1 saturated heterocycles. The highest BCUT2D eigenvalue weighted by Crippen LogP contribution is 2.35. The van der Waals surface area contributed by atoms with E-state index in [2.05, 4.69) is 20.2 Å². The molecule has 8 nitrogen and oxygen atoms in total. The average Bonchev–Trinajstić information content (AvgIpc) is 3.25. The number of carbonyl (C=O) groups excluding carboxylic acids is 2. The molecule has 0 spiro atoms. The summed E-state index contributed by atoms with van der Waals surface area (Å²) in [7, 11) is 1.18. The van der Waals surface area contributed by atoms with Crippen LogP contribution in [0.4, 0.5) is 24.0 Å². The van der Waals surface area contributed by atoms with Gasteiger partial charge >= 0.3 is 12.1 Å². The number of fused-ring (bicyclic) bond motifs is 1. The number of piperidine rings is 1. The molecule has 180 valence electrons. The van der Waals surface area contributed by atoms with Crippen LogP contribution in [0.25, 0.3) is 10.2 Å². The molecule has 0 atom stereocenters. The van der Waals surface area contributed by atoms with Crippen molar-refractivity contribution >= 4 is 44.2 Å². The molecule has 0 bridgehead atoms. The van der Waals surface area contributed by atoms with Crippen LogP contribution in [0.15, 0.2) is 30.3 Å². The zero-order valence-electron chi connectivity index (χ0n) is 18.1. The van der Waals surface area contributed by atoms with E-state index in [0.29, 0.717) is 10.2 Å². The molecule has 3 heterocycles. The lowest BCUT2D eigenvalue weighted by Crippen LogP contribution is -2.34.